The Hall–Kier alpha value is -2.25. The molecule has 5 rings (SSSR count). The van der Waals surface area contributed by atoms with Crippen molar-refractivity contribution in [3.05, 3.63) is 51.7 Å². The molecular formula is C21H28N6O. The number of likely N-dealkylation sites (tertiary alicyclic amines) is 1. The highest BCUT2D eigenvalue weighted by molar-refractivity contribution is 5.23. The van der Waals surface area contributed by atoms with E-state index < -0.39 is 0 Å². The van der Waals surface area contributed by atoms with Crippen LogP contribution in [0.4, 0.5) is 5.95 Å². The Labute approximate surface area is 165 Å². The van der Waals surface area contributed by atoms with Crippen LogP contribution in [-0.4, -0.2) is 45.6 Å². The number of nitrogens with two attached hydrogens (primary N) is 1. The Bertz CT molecular complexity index is 917. The number of nitrogens with zero attached hydrogens (tertiary/aromatic N) is 4. The summed E-state index contributed by atoms with van der Waals surface area (Å²) in [7, 11) is 0. The third-order valence-electron chi connectivity index (χ3n) is 6.68. The minimum Gasteiger partial charge on any atom is -0.368 e. The van der Waals surface area contributed by atoms with Crippen LogP contribution in [0.25, 0.3) is 0 Å². The molecular weight excluding hydrogens is 352 g/mol. The van der Waals surface area contributed by atoms with Gasteiger partial charge < -0.3 is 15.6 Å². The summed E-state index contributed by atoms with van der Waals surface area (Å²) in [6.45, 7) is 5.59. The molecule has 5 heterocycles. The number of fused-ring (bicyclic) bond motifs is 4. The average Bonchev–Trinajstić information content (AvgIpc) is 2.71. The van der Waals surface area contributed by atoms with Crippen LogP contribution in [0.15, 0.2) is 29.2 Å². The molecule has 2 aromatic heterocycles. The fraction of sp³-hybridized carbons (Fsp3) is 0.571. The summed E-state index contributed by atoms with van der Waals surface area (Å²) >= 11 is 0. The number of rotatable bonds is 3. The first-order valence-corrected chi connectivity index (χ1v) is 10.4. The van der Waals surface area contributed by atoms with E-state index in [-0.39, 0.29) is 5.56 Å². The van der Waals surface area contributed by atoms with Gasteiger partial charge in [-0.1, -0.05) is 6.07 Å². The third kappa shape index (κ3) is 3.33. The minimum atomic E-state index is 0.222. The second kappa shape index (κ2) is 7.29. The van der Waals surface area contributed by atoms with Crippen molar-refractivity contribution in [2.45, 2.75) is 44.2 Å². The Morgan fingerprint density at radius 2 is 2.00 bits per heavy atom. The SMILES string of the molecule is Nc1nccc(C2CCN(Cc3ccc4n(c3=O)C[C@@H]3CNC[C@H]4C3)CC2)n1. The van der Waals surface area contributed by atoms with Gasteiger partial charge >= 0.3 is 0 Å². The van der Waals surface area contributed by atoms with Crippen LogP contribution in [0.2, 0.25) is 0 Å². The van der Waals surface area contributed by atoms with Gasteiger partial charge in [0.25, 0.3) is 5.56 Å². The number of piperidine rings is 2. The Kier molecular flexibility index (Phi) is 4.64. The lowest BCUT2D eigenvalue weighted by atomic mass is 9.84. The molecule has 0 unspecified atom stereocenters. The molecule has 7 heteroatoms. The number of pyridine rings is 1. The zero-order valence-electron chi connectivity index (χ0n) is 16.2. The molecule has 0 aromatic carbocycles. The summed E-state index contributed by atoms with van der Waals surface area (Å²) in [4.78, 5) is 23.9. The van der Waals surface area contributed by atoms with Crippen LogP contribution in [0.3, 0.4) is 0 Å². The van der Waals surface area contributed by atoms with Gasteiger partial charge in [-0.25, -0.2) is 9.97 Å². The normalized spacial score (nSPS) is 25.4. The zero-order chi connectivity index (χ0) is 19.1. The fourth-order valence-corrected chi connectivity index (χ4v) is 5.20. The maximum Gasteiger partial charge on any atom is 0.255 e. The minimum absolute atomic E-state index is 0.222. The van der Waals surface area contributed by atoms with E-state index in [1.807, 2.05) is 6.07 Å². The van der Waals surface area contributed by atoms with Crippen LogP contribution in [0.1, 0.15) is 48.0 Å². The van der Waals surface area contributed by atoms with Gasteiger partial charge in [0, 0.05) is 54.6 Å². The Morgan fingerprint density at radius 1 is 1.14 bits per heavy atom. The average molecular weight is 380 g/mol. The molecule has 3 aliphatic rings. The lowest BCUT2D eigenvalue weighted by Gasteiger charge is -2.38. The molecule has 7 nitrogen and oxygen atoms in total. The molecule has 0 amide bonds. The van der Waals surface area contributed by atoms with Crippen molar-refractivity contribution >= 4 is 5.95 Å². The quantitative estimate of drug-likeness (QED) is 0.835. The topological polar surface area (TPSA) is 89.1 Å². The van der Waals surface area contributed by atoms with Gasteiger partial charge in [-0.15, -0.1) is 0 Å². The second-order valence-corrected chi connectivity index (χ2v) is 8.55. The summed E-state index contributed by atoms with van der Waals surface area (Å²) in [6.07, 6.45) is 5.03. The van der Waals surface area contributed by atoms with Gasteiger partial charge in [0.15, 0.2) is 0 Å². The summed E-state index contributed by atoms with van der Waals surface area (Å²) in [6, 6.07) is 6.24. The number of hydrogen-bond donors (Lipinski definition) is 2. The first-order valence-electron chi connectivity index (χ1n) is 10.4. The van der Waals surface area contributed by atoms with Crippen molar-refractivity contribution in [2.24, 2.45) is 5.92 Å². The molecule has 0 spiro atoms. The van der Waals surface area contributed by atoms with Crippen molar-refractivity contribution in [3.8, 4) is 0 Å². The highest BCUT2D eigenvalue weighted by Crippen LogP contribution is 2.32. The van der Waals surface area contributed by atoms with Crippen molar-refractivity contribution < 1.29 is 0 Å². The smallest absolute Gasteiger partial charge is 0.255 e. The lowest BCUT2D eigenvalue weighted by molar-refractivity contribution is 0.201. The van der Waals surface area contributed by atoms with E-state index in [9.17, 15) is 4.79 Å². The summed E-state index contributed by atoms with van der Waals surface area (Å²) in [5.41, 5.74) is 9.14. The largest absolute Gasteiger partial charge is 0.368 e. The second-order valence-electron chi connectivity index (χ2n) is 8.55. The van der Waals surface area contributed by atoms with Gasteiger partial charge in [-0.2, -0.15) is 0 Å². The van der Waals surface area contributed by atoms with Crippen LogP contribution in [0, 0.1) is 5.92 Å². The van der Waals surface area contributed by atoms with Crippen LogP contribution in [-0.2, 0) is 13.1 Å². The van der Waals surface area contributed by atoms with E-state index in [1.54, 1.807) is 6.20 Å². The standard InChI is InChI=1S/C21H28N6O/c22-21-24-6-3-18(25-21)15-4-7-26(8-5-15)13-16-1-2-19-17-9-14(10-23-11-17)12-27(19)20(16)28/h1-3,6,14-15,17,23H,4-5,7-13H2,(H2,22,24,25)/t14-,17+/m0/s1. The summed E-state index contributed by atoms with van der Waals surface area (Å²) in [5, 5.41) is 3.51. The van der Waals surface area contributed by atoms with Gasteiger partial charge in [0.1, 0.15) is 0 Å². The van der Waals surface area contributed by atoms with Gasteiger partial charge in [-0.05, 0) is 56.9 Å². The van der Waals surface area contributed by atoms with Crippen molar-refractivity contribution in [1.82, 2.24) is 24.8 Å². The molecule has 2 saturated heterocycles. The summed E-state index contributed by atoms with van der Waals surface area (Å²) < 4.78 is 2.06. The highest BCUT2D eigenvalue weighted by Gasteiger charge is 2.31. The van der Waals surface area contributed by atoms with E-state index in [1.165, 1.54) is 12.1 Å². The maximum absolute atomic E-state index is 13.1. The van der Waals surface area contributed by atoms with Gasteiger partial charge in [-0.3, -0.25) is 9.69 Å². The molecule has 28 heavy (non-hydrogen) atoms. The van der Waals surface area contributed by atoms with Crippen LogP contribution >= 0.6 is 0 Å². The molecule has 148 valence electrons. The van der Waals surface area contributed by atoms with E-state index >= 15 is 0 Å². The molecule has 2 atom stereocenters. The summed E-state index contributed by atoms with van der Waals surface area (Å²) in [5.74, 6) is 1.86. The first-order chi connectivity index (χ1) is 13.7. The van der Waals surface area contributed by atoms with Crippen molar-refractivity contribution in [2.75, 3.05) is 31.9 Å². The number of nitrogens with one attached hydrogen (secondary N) is 1. The maximum atomic E-state index is 13.1. The zero-order valence-corrected chi connectivity index (χ0v) is 16.2. The number of anilines is 1. The third-order valence-corrected chi connectivity index (χ3v) is 6.68. The van der Waals surface area contributed by atoms with Gasteiger partial charge in [0.2, 0.25) is 5.95 Å². The Balaban J connectivity index is 1.28. The lowest BCUT2D eigenvalue weighted by Crippen LogP contribution is -2.45. The first kappa shape index (κ1) is 17.8. The van der Waals surface area contributed by atoms with E-state index in [4.69, 9.17) is 5.73 Å². The predicted molar refractivity (Wildman–Crippen MR) is 108 cm³/mol. The van der Waals surface area contributed by atoms with Gasteiger partial charge in [0.05, 0.1) is 0 Å². The molecule has 3 aliphatic heterocycles. The molecule has 0 saturated carbocycles. The van der Waals surface area contributed by atoms with E-state index in [0.29, 0.717) is 23.7 Å². The number of aromatic nitrogens is 3. The monoisotopic (exact) mass is 380 g/mol. The molecule has 2 aromatic rings. The van der Waals surface area contributed by atoms with Crippen LogP contribution < -0.4 is 16.6 Å². The molecule has 0 aliphatic carbocycles. The van der Waals surface area contributed by atoms with E-state index in [2.05, 4.69) is 36.9 Å². The van der Waals surface area contributed by atoms with Crippen LogP contribution in [0.5, 0.6) is 0 Å². The van der Waals surface area contributed by atoms with Crippen molar-refractivity contribution in [3.63, 3.8) is 0 Å². The number of hydrogen-bond acceptors (Lipinski definition) is 6. The molecule has 0 radical (unpaired) electrons. The van der Waals surface area contributed by atoms with Crippen molar-refractivity contribution in [1.29, 1.82) is 0 Å². The molecule has 2 fully saturated rings. The van der Waals surface area contributed by atoms with E-state index in [0.717, 1.165) is 63.4 Å². The predicted octanol–water partition coefficient (Wildman–Crippen LogP) is 1.31. The fourth-order valence-electron chi connectivity index (χ4n) is 5.20. The number of nitrogen functional groups attached to an aromatic ring is 1. The molecule has 3 N–H and O–H groups in total. The highest BCUT2D eigenvalue weighted by atomic mass is 16.1. The Morgan fingerprint density at radius 3 is 2.82 bits per heavy atom. The molecule has 2 bridgehead atoms.